The molecule has 2 heterocycles. The van der Waals surface area contributed by atoms with Crippen molar-refractivity contribution in [1.29, 1.82) is 0 Å². The van der Waals surface area contributed by atoms with Crippen LogP contribution in [0.2, 0.25) is 0 Å². The van der Waals surface area contributed by atoms with Gasteiger partial charge in [0.05, 0.1) is 12.3 Å². The number of thiazole rings is 1. The Labute approximate surface area is 199 Å². The molecule has 1 fully saturated rings. The number of aromatic nitrogens is 1. The van der Waals surface area contributed by atoms with E-state index >= 15 is 0 Å². The van der Waals surface area contributed by atoms with Crippen molar-refractivity contribution in [3.8, 4) is 0 Å². The molecule has 30 heavy (non-hydrogen) atoms. The van der Waals surface area contributed by atoms with Gasteiger partial charge in [0.1, 0.15) is 0 Å². The van der Waals surface area contributed by atoms with E-state index in [0.29, 0.717) is 12.5 Å². The third-order valence-corrected chi connectivity index (χ3v) is 6.94. The fourth-order valence-corrected chi connectivity index (χ4v) is 5.41. The Balaban J connectivity index is 0.00000320. The number of anilines is 1. The number of guanidine groups is 1. The maximum absolute atomic E-state index is 12.3. The highest BCUT2D eigenvalue weighted by Crippen LogP contribution is 2.19. The lowest BCUT2D eigenvalue weighted by atomic mass is 10.1. The Morgan fingerprint density at radius 1 is 1.23 bits per heavy atom. The van der Waals surface area contributed by atoms with E-state index in [1.807, 2.05) is 49.7 Å². The number of piperazine rings is 1. The van der Waals surface area contributed by atoms with E-state index in [1.54, 1.807) is 11.3 Å². The fourth-order valence-electron chi connectivity index (χ4n) is 3.22. The van der Waals surface area contributed by atoms with Gasteiger partial charge in [-0.2, -0.15) is 0 Å². The molecule has 2 aromatic rings. The number of hydrogen-bond donors (Lipinski definition) is 2. The van der Waals surface area contributed by atoms with Crippen LogP contribution in [0.4, 0.5) is 5.13 Å². The first-order chi connectivity index (χ1) is 13.8. The topological polar surface area (TPSA) is 104 Å². The van der Waals surface area contributed by atoms with Gasteiger partial charge in [-0.1, -0.05) is 24.3 Å². The summed E-state index contributed by atoms with van der Waals surface area (Å²) < 4.78 is 27.2. The average molecular weight is 565 g/mol. The van der Waals surface area contributed by atoms with Crippen LogP contribution in [0, 0.1) is 0 Å². The highest BCUT2D eigenvalue weighted by atomic mass is 127. The number of halogens is 1. The van der Waals surface area contributed by atoms with Gasteiger partial charge in [-0.25, -0.2) is 23.1 Å². The molecule has 1 aliphatic heterocycles. The molecule has 0 amide bonds. The van der Waals surface area contributed by atoms with E-state index in [-0.39, 0.29) is 35.8 Å². The Hall–Kier alpha value is -1.44. The summed E-state index contributed by atoms with van der Waals surface area (Å²) >= 11 is 1.64. The number of nitrogens with two attached hydrogens (primary N) is 1. The second-order valence-electron chi connectivity index (χ2n) is 7.26. The number of rotatable bonds is 7. The Bertz CT molecular complexity index is 926. The summed E-state index contributed by atoms with van der Waals surface area (Å²) in [6.07, 6.45) is 1.82. The molecule has 0 aliphatic carbocycles. The van der Waals surface area contributed by atoms with Crippen LogP contribution in [0.25, 0.3) is 0 Å². The molecular formula is C19H29IN6O2S2. The standard InChI is InChI=1S/C19H28N6O2S2.HI/c1-15(2)23-29(26,27)14-17-6-4-3-5-16(17)13-22-18(20)24-8-10-25(11-9-24)19-21-7-12-28-19;/h3-7,12,15,23H,8-11,13-14H2,1-2H3,(H2,20,22);1H. The summed E-state index contributed by atoms with van der Waals surface area (Å²) in [4.78, 5) is 13.2. The SMILES string of the molecule is CC(C)NS(=O)(=O)Cc1ccccc1CN=C(N)N1CCN(c2nccs2)CC1.I. The van der Waals surface area contributed by atoms with Crippen LogP contribution in [-0.2, 0) is 22.3 Å². The van der Waals surface area contributed by atoms with E-state index in [2.05, 4.69) is 24.5 Å². The average Bonchev–Trinajstić information content (AvgIpc) is 3.20. The highest BCUT2D eigenvalue weighted by molar-refractivity contribution is 14.0. The van der Waals surface area contributed by atoms with Crippen LogP contribution in [0.5, 0.6) is 0 Å². The number of nitrogens with zero attached hydrogens (tertiary/aromatic N) is 4. The lowest BCUT2D eigenvalue weighted by Crippen LogP contribution is -2.51. The first kappa shape index (κ1) is 24.8. The molecule has 1 saturated heterocycles. The Morgan fingerprint density at radius 3 is 2.50 bits per heavy atom. The zero-order valence-corrected chi connectivity index (χ0v) is 21.2. The first-order valence-corrected chi connectivity index (χ1v) is 12.1. The van der Waals surface area contributed by atoms with Crippen molar-refractivity contribution >= 4 is 56.4 Å². The molecule has 0 saturated carbocycles. The second kappa shape index (κ2) is 11.3. The van der Waals surface area contributed by atoms with Gasteiger partial charge < -0.3 is 15.5 Å². The van der Waals surface area contributed by atoms with Gasteiger partial charge in [-0.15, -0.1) is 35.3 Å². The van der Waals surface area contributed by atoms with Crippen LogP contribution in [0.3, 0.4) is 0 Å². The van der Waals surface area contributed by atoms with Crippen molar-refractivity contribution in [1.82, 2.24) is 14.6 Å². The third-order valence-electron chi connectivity index (χ3n) is 4.58. The van der Waals surface area contributed by atoms with Crippen molar-refractivity contribution in [3.05, 3.63) is 47.0 Å². The lowest BCUT2D eigenvalue weighted by molar-refractivity contribution is 0.380. The monoisotopic (exact) mass is 564 g/mol. The lowest BCUT2D eigenvalue weighted by Gasteiger charge is -2.35. The zero-order valence-electron chi connectivity index (χ0n) is 17.2. The molecular weight excluding hydrogens is 535 g/mol. The van der Waals surface area contributed by atoms with Gasteiger partial charge in [0.25, 0.3) is 0 Å². The van der Waals surface area contributed by atoms with Crippen molar-refractivity contribution < 1.29 is 8.42 Å². The minimum Gasteiger partial charge on any atom is -0.370 e. The van der Waals surface area contributed by atoms with Crippen molar-refractivity contribution in [2.24, 2.45) is 10.7 Å². The summed E-state index contributed by atoms with van der Waals surface area (Å²) in [5.41, 5.74) is 7.83. The molecule has 0 spiro atoms. The molecule has 166 valence electrons. The molecule has 11 heteroatoms. The molecule has 3 N–H and O–H groups in total. The molecule has 0 bridgehead atoms. The molecule has 1 aromatic carbocycles. The van der Waals surface area contributed by atoms with Crippen LogP contribution in [0.15, 0.2) is 40.8 Å². The molecule has 1 aromatic heterocycles. The maximum Gasteiger partial charge on any atom is 0.216 e. The molecule has 3 rings (SSSR count). The predicted octanol–water partition coefficient (Wildman–Crippen LogP) is 2.23. The summed E-state index contributed by atoms with van der Waals surface area (Å²) in [6, 6.07) is 7.32. The van der Waals surface area contributed by atoms with E-state index in [4.69, 9.17) is 5.73 Å². The van der Waals surface area contributed by atoms with Crippen LogP contribution >= 0.6 is 35.3 Å². The van der Waals surface area contributed by atoms with Crippen LogP contribution in [-0.4, -0.2) is 56.5 Å². The maximum atomic E-state index is 12.3. The highest BCUT2D eigenvalue weighted by Gasteiger charge is 2.20. The second-order valence-corrected chi connectivity index (χ2v) is 9.89. The van der Waals surface area contributed by atoms with Crippen molar-refractivity contribution in [2.45, 2.75) is 32.2 Å². The van der Waals surface area contributed by atoms with E-state index in [9.17, 15) is 8.42 Å². The largest absolute Gasteiger partial charge is 0.370 e. The molecule has 1 aliphatic rings. The number of aliphatic imine (C=N–C) groups is 1. The fraction of sp³-hybridized carbons (Fsp3) is 0.474. The minimum atomic E-state index is -3.39. The summed E-state index contributed by atoms with van der Waals surface area (Å²) in [5.74, 6) is 0.422. The molecule has 8 nitrogen and oxygen atoms in total. The number of hydrogen-bond acceptors (Lipinski definition) is 6. The predicted molar refractivity (Wildman–Crippen MR) is 134 cm³/mol. The minimum absolute atomic E-state index is 0. The van der Waals surface area contributed by atoms with Gasteiger partial charge in [-0.3, -0.25) is 0 Å². The molecule has 0 radical (unpaired) electrons. The van der Waals surface area contributed by atoms with E-state index < -0.39 is 10.0 Å². The van der Waals surface area contributed by atoms with Gasteiger partial charge in [-0.05, 0) is 25.0 Å². The third kappa shape index (κ3) is 7.06. The quantitative estimate of drug-likeness (QED) is 0.304. The normalized spacial score (nSPS) is 15.4. The molecule has 0 unspecified atom stereocenters. The Morgan fingerprint density at radius 2 is 1.90 bits per heavy atom. The smallest absolute Gasteiger partial charge is 0.216 e. The Kier molecular flexibility index (Phi) is 9.31. The number of nitrogens with one attached hydrogen (secondary N) is 1. The van der Waals surface area contributed by atoms with Crippen LogP contribution < -0.4 is 15.4 Å². The van der Waals surface area contributed by atoms with Crippen LogP contribution in [0.1, 0.15) is 25.0 Å². The van der Waals surface area contributed by atoms with Crippen molar-refractivity contribution in [3.63, 3.8) is 0 Å². The van der Waals surface area contributed by atoms with E-state index in [0.717, 1.165) is 42.4 Å². The molecule has 0 atom stereocenters. The van der Waals surface area contributed by atoms with Gasteiger partial charge in [0, 0.05) is 43.8 Å². The summed E-state index contributed by atoms with van der Waals surface area (Å²) in [5, 5.41) is 3.01. The zero-order chi connectivity index (χ0) is 20.9. The summed E-state index contributed by atoms with van der Waals surface area (Å²) in [7, 11) is -3.39. The first-order valence-electron chi connectivity index (χ1n) is 9.60. The van der Waals surface area contributed by atoms with Gasteiger partial charge in [0.15, 0.2) is 11.1 Å². The van der Waals surface area contributed by atoms with Gasteiger partial charge in [0.2, 0.25) is 10.0 Å². The van der Waals surface area contributed by atoms with Crippen molar-refractivity contribution in [2.75, 3.05) is 31.1 Å². The summed E-state index contributed by atoms with van der Waals surface area (Å²) in [6.45, 7) is 7.22. The van der Waals surface area contributed by atoms with E-state index in [1.165, 1.54) is 0 Å². The number of sulfonamides is 1. The van der Waals surface area contributed by atoms with Gasteiger partial charge >= 0.3 is 0 Å². The number of benzene rings is 1.